The lowest BCUT2D eigenvalue weighted by Gasteiger charge is -2.23. The van der Waals surface area contributed by atoms with Crippen LogP contribution in [0.15, 0.2) is 54.1 Å². The summed E-state index contributed by atoms with van der Waals surface area (Å²) in [5.41, 5.74) is 1.11. The van der Waals surface area contributed by atoms with Crippen molar-refractivity contribution in [2.75, 3.05) is 11.5 Å². The minimum atomic E-state index is -0.992. The molecule has 2 aromatic carbocycles. The number of amides is 1. The summed E-state index contributed by atoms with van der Waals surface area (Å²) in [6.45, 7) is 3.49. The average molecular weight is 517 g/mol. The minimum absolute atomic E-state index is 0.111. The number of halogens is 2. The van der Waals surface area contributed by atoms with E-state index in [1.165, 1.54) is 4.90 Å². The van der Waals surface area contributed by atoms with Gasteiger partial charge >= 0.3 is 11.9 Å². The smallest absolute Gasteiger partial charge is 0.350 e. The number of aryl methyl sites for hydroxylation is 1. The van der Waals surface area contributed by atoms with E-state index >= 15 is 0 Å². The van der Waals surface area contributed by atoms with Gasteiger partial charge in [0.15, 0.2) is 5.13 Å². The molecule has 1 saturated heterocycles. The van der Waals surface area contributed by atoms with Crippen molar-refractivity contribution in [1.82, 2.24) is 4.98 Å². The number of aliphatic hydroxyl groups excluding tert-OH is 1. The number of carbonyl (C=O) groups is 3. The predicted octanol–water partition coefficient (Wildman–Crippen LogP) is 5.56. The molecule has 3 aromatic rings. The molecule has 1 fully saturated rings. The average Bonchev–Trinajstić information content (AvgIpc) is 3.31. The standard InChI is InChI=1S/C24H18Cl2N2O5S/c1-3-33-23(32)21-12(2)27-24(34-21)28-18(13-4-8-15(25)9-5-13)17(20(30)22(28)31)19(29)14-6-10-16(26)11-7-14/h4-11,18,29H,3H2,1-2H3. The summed E-state index contributed by atoms with van der Waals surface area (Å²) in [6.07, 6.45) is 0. The summed E-state index contributed by atoms with van der Waals surface area (Å²) < 4.78 is 5.07. The van der Waals surface area contributed by atoms with Crippen molar-refractivity contribution in [3.05, 3.63) is 85.8 Å². The van der Waals surface area contributed by atoms with Gasteiger partial charge in [-0.2, -0.15) is 0 Å². The van der Waals surface area contributed by atoms with Gasteiger partial charge in [0.1, 0.15) is 10.6 Å². The number of aliphatic hydroxyl groups is 1. The van der Waals surface area contributed by atoms with E-state index in [-0.39, 0.29) is 27.9 Å². The summed E-state index contributed by atoms with van der Waals surface area (Å²) in [5.74, 6) is -2.67. The van der Waals surface area contributed by atoms with Crippen molar-refractivity contribution in [3.63, 3.8) is 0 Å². The van der Waals surface area contributed by atoms with Crippen molar-refractivity contribution in [1.29, 1.82) is 0 Å². The van der Waals surface area contributed by atoms with E-state index in [1.54, 1.807) is 62.4 Å². The zero-order chi connectivity index (χ0) is 24.6. The first-order valence-electron chi connectivity index (χ1n) is 10.2. The van der Waals surface area contributed by atoms with Crippen LogP contribution in [0, 0.1) is 6.92 Å². The van der Waals surface area contributed by atoms with Gasteiger partial charge < -0.3 is 9.84 Å². The molecule has 7 nitrogen and oxygen atoms in total. The number of esters is 1. The fraction of sp³-hybridized carbons (Fsp3) is 0.167. The highest BCUT2D eigenvalue weighted by Gasteiger charge is 2.48. The Labute approximate surface area is 209 Å². The number of rotatable bonds is 5. The minimum Gasteiger partial charge on any atom is -0.507 e. The summed E-state index contributed by atoms with van der Waals surface area (Å²) in [6, 6.07) is 11.8. The number of anilines is 1. The number of carbonyl (C=O) groups excluding carboxylic acids is 3. The van der Waals surface area contributed by atoms with E-state index in [1.807, 2.05) is 0 Å². The number of ketones is 1. The number of ether oxygens (including phenoxy) is 1. The van der Waals surface area contributed by atoms with E-state index in [0.717, 1.165) is 11.3 Å². The van der Waals surface area contributed by atoms with Crippen molar-refractivity contribution < 1.29 is 24.2 Å². The van der Waals surface area contributed by atoms with Gasteiger partial charge in [-0.05, 0) is 55.8 Å². The summed E-state index contributed by atoms with van der Waals surface area (Å²) >= 11 is 12.9. The van der Waals surface area contributed by atoms with Gasteiger partial charge in [-0.3, -0.25) is 14.5 Å². The number of hydrogen-bond donors (Lipinski definition) is 1. The summed E-state index contributed by atoms with van der Waals surface area (Å²) in [5, 5.41) is 12.1. The molecule has 174 valence electrons. The normalized spacial score (nSPS) is 17.3. The molecule has 10 heteroatoms. The highest BCUT2D eigenvalue weighted by molar-refractivity contribution is 7.17. The van der Waals surface area contributed by atoms with Gasteiger partial charge in [0.2, 0.25) is 0 Å². The molecule has 34 heavy (non-hydrogen) atoms. The summed E-state index contributed by atoms with van der Waals surface area (Å²) in [4.78, 5) is 44.5. The van der Waals surface area contributed by atoms with Crippen LogP contribution in [0.5, 0.6) is 0 Å². The third-order valence-corrected chi connectivity index (χ3v) is 6.84. The second-order valence-electron chi connectivity index (χ2n) is 7.36. The number of hydrogen-bond acceptors (Lipinski definition) is 7. The fourth-order valence-electron chi connectivity index (χ4n) is 3.62. The molecule has 1 aliphatic rings. The van der Waals surface area contributed by atoms with Crippen LogP contribution in [0.2, 0.25) is 10.0 Å². The predicted molar refractivity (Wildman–Crippen MR) is 130 cm³/mol. The Morgan fingerprint density at radius 3 is 2.26 bits per heavy atom. The maximum atomic E-state index is 13.2. The van der Waals surface area contributed by atoms with Crippen LogP contribution in [0.4, 0.5) is 5.13 Å². The molecule has 1 aliphatic heterocycles. The van der Waals surface area contributed by atoms with Crippen molar-refractivity contribution in [2.45, 2.75) is 19.9 Å². The lowest BCUT2D eigenvalue weighted by molar-refractivity contribution is -0.132. The molecule has 1 unspecified atom stereocenters. The summed E-state index contributed by atoms with van der Waals surface area (Å²) in [7, 11) is 0. The molecule has 0 spiro atoms. The van der Waals surface area contributed by atoms with Crippen molar-refractivity contribution >= 4 is 63.1 Å². The first-order valence-corrected chi connectivity index (χ1v) is 11.8. The highest BCUT2D eigenvalue weighted by atomic mass is 35.5. The van der Waals surface area contributed by atoms with Crippen molar-refractivity contribution in [2.24, 2.45) is 0 Å². The maximum Gasteiger partial charge on any atom is 0.350 e. The van der Waals surface area contributed by atoms with Gasteiger partial charge in [0.25, 0.3) is 5.78 Å². The monoisotopic (exact) mass is 516 g/mol. The van der Waals surface area contributed by atoms with Gasteiger partial charge in [-0.1, -0.05) is 46.7 Å². The van der Waals surface area contributed by atoms with Gasteiger partial charge in [-0.25, -0.2) is 9.78 Å². The molecule has 0 aliphatic carbocycles. The molecule has 4 rings (SSSR count). The first-order chi connectivity index (χ1) is 16.2. The molecule has 1 N–H and O–H groups in total. The van der Waals surface area contributed by atoms with Gasteiger partial charge in [0, 0.05) is 15.6 Å². The molecule has 0 bridgehead atoms. The second-order valence-corrected chi connectivity index (χ2v) is 9.21. The number of benzene rings is 2. The van der Waals surface area contributed by atoms with Crippen molar-refractivity contribution in [3.8, 4) is 0 Å². The molecule has 1 aromatic heterocycles. The van der Waals surface area contributed by atoms with Crippen LogP contribution in [-0.2, 0) is 14.3 Å². The van der Waals surface area contributed by atoms with Gasteiger partial charge in [-0.15, -0.1) is 0 Å². The molecular weight excluding hydrogens is 499 g/mol. The van der Waals surface area contributed by atoms with Crippen LogP contribution < -0.4 is 4.90 Å². The zero-order valence-corrected chi connectivity index (χ0v) is 20.4. The maximum absolute atomic E-state index is 13.2. The molecular formula is C24H18Cl2N2O5S. The zero-order valence-electron chi connectivity index (χ0n) is 18.0. The van der Waals surface area contributed by atoms with Crippen LogP contribution in [0.1, 0.15) is 39.5 Å². The third kappa shape index (κ3) is 4.32. The number of thiazole rings is 1. The lowest BCUT2D eigenvalue weighted by Crippen LogP contribution is -2.29. The Balaban J connectivity index is 1.90. The van der Waals surface area contributed by atoms with Crippen LogP contribution in [-0.4, -0.2) is 34.4 Å². The Morgan fingerprint density at radius 2 is 1.68 bits per heavy atom. The molecule has 1 amide bonds. The van der Waals surface area contributed by atoms with Crippen LogP contribution in [0.25, 0.3) is 5.76 Å². The molecule has 1 atom stereocenters. The van der Waals surface area contributed by atoms with Crippen LogP contribution in [0.3, 0.4) is 0 Å². The third-order valence-electron chi connectivity index (χ3n) is 5.20. The lowest BCUT2D eigenvalue weighted by atomic mass is 9.95. The molecule has 0 radical (unpaired) electrons. The quantitative estimate of drug-likeness (QED) is 0.206. The second kappa shape index (κ2) is 9.58. The number of aromatic nitrogens is 1. The fourth-order valence-corrected chi connectivity index (χ4v) is 4.86. The van der Waals surface area contributed by atoms with Crippen LogP contribution >= 0.6 is 34.5 Å². The van der Waals surface area contributed by atoms with E-state index < -0.39 is 23.7 Å². The molecule has 0 saturated carbocycles. The Hall–Kier alpha value is -3.20. The highest BCUT2D eigenvalue weighted by Crippen LogP contribution is 2.44. The Morgan fingerprint density at radius 1 is 1.09 bits per heavy atom. The van der Waals surface area contributed by atoms with E-state index in [0.29, 0.717) is 26.9 Å². The topological polar surface area (TPSA) is 96.8 Å². The van der Waals surface area contributed by atoms with E-state index in [2.05, 4.69) is 4.98 Å². The SMILES string of the molecule is CCOC(=O)c1sc(N2C(=O)C(=O)C(=C(O)c3ccc(Cl)cc3)C2c2ccc(Cl)cc2)nc1C. The molecule has 2 heterocycles. The van der Waals surface area contributed by atoms with E-state index in [9.17, 15) is 19.5 Å². The van der Waals surface area contributed by atoms with Gasteiger partial charge in [0.05, 0.1) is 23.9 Å². The number of Topliss-reactive ketones (excluding diaryl/α,β-unsaturated/α-hetero) is 1. The Bertz CT molecular complexity index is 1320. The Kier molecular flexibility index (Phi) is 6.74. The first kappa shape index (κ1) is 23.9. The number of nitrogens with zero attached hydrogens (tertiary/aromatic N) is 2. The van der Waals surface area contributed by atoms with E-state index in [4.69, 9.17) is 27.9 Å². The largest absolute Gasteiger partial charge is 0.507 e.